The smallest absolute Gasteiger partial charge is 0.127 e. The van der Waals surface area contributed by atoms with Crippen molar-refractivity contribution in [3.63, 3.8) is 0 Å². The second kappa shape index (κ2) is 4.58. The lowest BCUT2D eigenvalue weighted by Gasteiger charge is -2.28. The number of rotatable bonds is 3. The summed E-state index contributed by atoms with van der Waals surface area (Å²) >= 11 is 0. The Hall–Kier alpha value is -1.15. The Morgan fingerprint density at radius 3 is 2.73 bits per heavy atom. The summed E-state index contributed by atoms with van der Waals surface area (Å²) in [6, 6.07) is 8.12. The lowest BCUT2D eigenvalue weighted by Crippen LogP contribution is -2.17. The molecule has 1 aromatic carbocycles. The van der Waals surface area contributed by atoms with Gasteiger partial charge in [0.1, 0.15) is 6.29 Å². The molecule has 0 radical (unpaired) electrons. The molecular weight excluding hydrogens is 188 g/mol. The van der Waals surface area contributed by atoms with Gasteiger partial charge in [-0.2, -0.15) is 0 Å². The van der Waals surface area contributed by atoms with Crippen LogP contribution in [0.5, 0.6) is 0 Å². The first-order chi connectivity index (χ1) is 7.36. The number of benzene rings is 1. The number of aldehydes is 1. The molecule has 2 atom stereocenters. The molecule has 2 nitrogen and oxygen atoms in total. The van der Waals surface area contributed by atoms with Gasteiger partial charge in [-0.05, 0) is 30.9 Å². The Labute approximate surface area is 90.3 Å². The van der Waals surface area contributed by atoms with Crippen molar-refractivity contribution >= 4 is 6.29 Å². The van der Waals surface area contributed by atoms with Crippen molar-refractivity contribution in [2.24, 2.45) is 0 Å². The van der Waals surface area contributed by atoms with Crippen LogP contribution in [0.4, 0.5) is 0 Å². The summed E-state index contributed by atoms with van der Waals surface area (Å²) in [5, 5.41) is 0. The van der Waals surface area contributed by atoms with Crippen molar-refractivity contribution < 1.29 is 9.53 Å². The third-order valence-electron chi connectivity index (χ3n) is 3.01. The van der Waals surface area contributed by atoms with Gasteiger partial charge in [0, 0.05) is 12.5 Å². The van der Waals surface area contributed by atoms with E-state index in [4.69, 9.17) is 4.74 Å². The minimum atomic E-state index is 0.0675. The Bertz CT molecular complexity index is 346. The van der Waals surface area contributed by atoms with Crippen molar-refractivity contribution in [3.8, 4) is 0 Å². The molecule has 1 aliphatic rings. The molecule has 0 heterocycles. The second-order valence-corrected chi connectivity index (χ2v) is 3.89. The van der Waals surface area contributed by atoms with Gasteiger partial charge in [0.25, 0.3) is 0 Å². The van der Waals surface area contributed by atoms with Crippen LogP contribution in [0.3, 0.4) is 0 Å². The number of carbonyl (C=O) groups is 1. The fourth-order valence-corrected chi connectivity index (χ4v) is 2.30. The fraction of sp³-hybridized carbons (Fsp3) is 0.462. The molecule has 0 spiro atoms. The number of hydrogen-bond acceptors (Lipinski definition) is 2. The van der Waals surface area contributed by atoms with E-state index in [0.717, 1.165) is 31.3 Å². The first kappa shape index (κ1) is 10.4. The highest BCUT2D eigenvalue weighted by atomic mass is 16.5. The summed E-state index contributed by atoms with van der Waals surface area (Å²) in [6.07, 6.45) is 3.10. The highest BCUT2D eigenvalue weighted by Gasteiger charge is 2.26. The number of fused-ring (bicyclic) bond motifs is 1. The Morgan fingerprint density at radius 1 is 1.33 bits per heavy atom. The van der Waals surface area contributed by atoms with Gasteiger partial charge in [0.15, 0.2) is 0 Å². The molecule has 0 saturated carbocycles. The van der Waals surface area contributed by atoms with Crippen LogP contribution in [-0.4, -0.2) is 12.9 Å². The van der Waals surface area contributed by atoms with E-state index < -0.39 is 0 Å². The van der Waals surface area contributed by atoms with Crippen LogP contribution in [0.15, 0.2) is 24.3 Å². The van der Waals surface area contributed by atoms with Gasteiger partial charge in [0.2, 0.25) is 0 Å². The number of hydrogen-bond donors (Lipinski definition) is 0. The minimum Gasteiger partial charge on any atom is -0.374 e. The molecule has 2 heteroatoms. The molecule has 0 fully saturated rings. The van der Waals surface area contributed by atoms with E-state index in [9.17, 15) is 4.79 Å². The van der Waals surface area contributed by atoms with E-state index >= 15 is 0 Å². The number of carbonyl (C=O) groups excluding carboxylic acids is 1. The minimum absolute atomic E-state index is 0.0675. The third-order valence-corrected chi connectivity index (χ3v) is 3.01. The molecule has 0 saturated heterocycles. The molecule has 1 aromatic rings. The predicted octanol–water partition coefficient (Wildman–Crippen LogP) is 2.84. The highest BCUT2D eigenvalue weighted by molar-refractivity contribution is 5.64. The van der Waals surface area contributed by atoms with E-state index in [1.807, 2.05) is 25.1 Å². The summed E-state index contributed by atoms with van der Waals surface area (Å²) in [5.74, 6) is 0.0675. The molecule has 2 rings (SSSR count). The fourth-order valence-electron chi connectivity index (χ4n) is 2.30. The zero-order chi connectivity index (χ0) is 10.7. The molecule has 80 valence electrons. The summed E-state index contributed by atoms with van der Waals surface area (Å²) in [4.78, 5) is 10.9. The molecule has 15 heavy (non-hydrogen) atoms. The normalized spacial score (nSPS) is 24.6. The van der Waals surface area contributed by atoms with Crippen molar-refractivity contribution in [2.45, 2.75) is 31.8 Å². The molecule has 0 aromatic heterocycles. The maximum atomic E-state index is 10.9. The van der Waals surface area contributed by atoms with Gasteiger partial charge in [0.05, 0.1) is 6.10 Å². The average Bonchev–Trinajstić information content (AvgIpc) is 2.30. The standard InChI is InChI=1S/C13H16O2/c1-2-15-13-8-7-10(9-14)11-5-3-4-6-12(11)13/h3-6,9-10,13H,2,7-8H2,1H3/t10-,13+/m1/s1. The maximum absolute atomic E-state index is 10.9. The lowest BCUT2D eigenvalue weighted by molar-refractivity contribution is -0.109. The quantitative estimate of drug-likeness (QED) is 0.708. The van der Waals surface area contributed by atoms with Crippen LogP contribution in [0.25, 0.3) is 0 Å². The largest absolute Gasteiger partial charge is 0.374 e. The lowest BCUT2D eigenvalue weighted by atomic mass is 9.82. The Morgan fingerprint density at radius 2 is 2.07 bits per heavy atom. The molecule has 0 N–H and O–H groups in total. The van der Waals surface area contributed by atoms with Gasteiger partial charge < -0.3 is 9.53 Å². The SMILES string of the molecule is CCO[C@H]1CC[C@H](C=O)c2ccccc21. The van der Waals surface area contributed by atoms with Crippen molar-refractivity contribution in [1.82, 2.24) is 0 Å². The van der Waals surface area contributed by atoms with E-state index in [2.05, 4.69) is 6.07 Å². The Kier molecular flexibility index (Phi) is 3.17. The van der Waals surface area contributed by atoms with Crippen molar-refractivity contribution in [2.75, 3.05) is 6.61 Å². The van der Waals surface area contributed by atoms with Crippen LogP contribution in [0.2, 0.25) is 0 Å². The summed E-state index contributed by atoms with van der Waals surface area (Å²) in [7, 11) is 0. The van der Waals surface area contributed by atoms with Crippen LogP contribution in [0, 0.1) is 0 Å². The van der Waals surface area contributed by atoms with E-state index in [-0.39, 0.29) is 12.0 Å². The summed E-state index contributed by atoms with van der Waals surface area (Å²) < 4.78 is 5.69. The van der Waals surface area contributed by atoms with Crippen LogP contribution >= 0.6 is 0 Å². The maximum Gasteiger partial charge on any atom is 0.127 e. The van der Waals surface area contributed by atoms with Crippen LogP contribution < -0.4 is 0 Å². The number of ether oxygens (including phenoxy) is 1. The second-order valence-electron chi connectivity index (χ2n) is 3.89. The van der Waals surface area contributed by atoms with E-state index in [1.165, 1.54) is 5.56 Å². The molecule has 1 aliphatic carbocycles. The molecular formula is C13H16O2. The van der Waals surface area contributed by atoms with Crippen molar-refractivity contribution in [1.29, 1.82) is 0 Å². The highest BCUT2D eigenvalue weighted by Crippen LogP contribution is 2.38. The third kappa shape index (κ3) is 1.95. The molecule has 0 aliphatic heterocycles. The summed E-state index contributed by atoms with van der Waals surface area (Å²) in [6.45, 7) is 2.74. The monoisotopic (exact) mass is 204 g/mol. The summed E-state index contributed by atoms with van der Waals surface area (Å²) in [5.41, 5.74) is 2.35. The van der Waals surface area contributed by atoms with Crippen LogP contribution in [0.1, 0.15) is 42.9 Å². The van der Waals surface area contributed by atoms with Gasteiger partial charge in [-0.3, -0.25) is 0 Å². The average molecular weight is 204 g/mol. The molecule has 0 amide bonds. The Balaban J connectivity index is 2.34. The molecule has 0 bridgehead atoms. The predicted molar refractivity (Wildman–Crippen MR) is 58.8 cm³/mol. The van der Waals surface area contributed by atoms with Gasteiger partial charge in [-0.15, -0.1) is 0 Å². The zero-order valence-electron chi connectivity index (χ0n) is 8.98. The first-order valence-corrected chi connectivity index (χ1v) is 5.52. The zero-order valence-corrected chi connectivity index (χ0v) is 8.98. The van der Waals surface area contributed by atoms with Crippen molar-refractivity contribution in [3.05, 3.63) is 35.4 Å². The van der Waals surface area contributed by atoms with Gasteiger partial charge in [-0.1, -0.05) is 24.3 Å². The first-order valence-electron chi connectivity index (χ1n) is 5.52. The topological polar surface area (TPSA) is 26.3 Å². The van der Waals surface area contributed by atoms with E-state index in [0.29, 0.717) is 0 Å². The van der Waals surface area contributed by atoms with Crippen LogP contribution in [-0.2, 0) is 9.53 Å². The van der Waals surface area contributed by atoms with E-state index in [1.54, 1.807) is 0 Å². The molecule has 0 unspecified atom stereocenters. The van der Waals surface area contributed by atoms with Gasteiger partial charge in [-0.25, -0.2) is 0 Å². The van der Waals surface area contributed by atoms with Gasteiger partial charge >= 0.3 is 0 Å².